The highest BCUT2D eigenvalue weighted by Gasteiger charge is 2.21. The van der Waals surface area contributed by atoms with Gasteiger partial charge in [0.25, 0.3) is 0 Å². The van der Waals surface area contributed by atoms with Crippen LogP contribution in [0, 0.1) is 0 Å². The van der Waals surface area contributed by atoms with Crippen LogP contribution in [0.5, 0.6) is 0 Å². The molecule has 4 nitrogen and oxygen atoms in total. The summed E-state index contributed by atoms with van der Waals surface area (Å²) in [6, 6.07) is 0.738. The van der Waals surface area contributed by atoms with Gasteiger partial charge in [0.2, 0.25) is 0 Å². The molecule has 1 aliphatic carbocycles. The van der Waals surface area contributed by atoms with Gasteiger partial charge >= 0.3 is 0 Å². The molecule has 2 aliphatic rings. The number of nitrogens with zero attached hydrogens (tertiary/aromatic N) is 2. The third-order valence-corrected chi connectivity index (χ3v) is 4.52. The number of nitrogens with one attached hydrogen (secondary N) is 1. The Labute approximate surface area is 118 Å². The van der Waals surface area contributed by atoms with Crippen LogP contribution in [0.15, 0.2) is 0 Å². The zero-order valence-corrected chi connectivity index (χ0v) is 12.7. The highest BCUT2D eigenvalue weighted by atomic mass is 16.5. The van der Waals surface area contributed by atoms with E-state index >= 15 is 0 Å². The quantitative estimate of drug-likeness (QED) is 0.783. The highest BCUT2D eigenvalue weighted by Crippen LogP contribution is 2.21. The fourth-order valence-corrected chi connectivity index (χ4v) is 3.14. The first-order valence-electron chi connectivity index (χ1n) is 8.04. The lowest BCUT2D eigenvalue weighted by molar-refractivity contribution is 0.00618. The molecule has 2 rings (SSSR count). The van der Waals surface area contributed by atoms with E-state index in [1.165, 1.54) is 51.9 Å². The van der Waals surface area contributed by atoms with Crippen molar-refractivity contribution in [1.82, 2.24) is 15.1 Å². The number of hydrogen-bond donors (Lipinski definition) is 1. The van der Waals surface area contributed by atoms with Crippen molar-refractivity contribution < 1.29 is 4.74 Å². The maximum absolute atomic E-state index is 6.06. The first-order valence-corrected chi connectivity index (χ1v) is 8.04. The summed E-state index contributed by atoms with van der Waals surface area (Å²) in [5.74, 6) is 0. The Morgan fingerprint density at radius 3 is 2.37 bits per heavy atom. The van der Waals surface area contributed by atoms with E-state index in [1.807, 2.05) is 0 Å². The largest absolute Gasteiger partial charge is 0.377 e. The summed E-state index contributed by atoms with van der Waals surface area (Å²) in [6.07, 6.45) is 5.56. The summed E-state index contributed by atoms with van der Waals surface area (Å²) in [5.41, 5.74) is 0. The molecule has 0 amide bonds. The van der Waals surface area contributed by atoms with E-state index in [1.54, 1.807) is 0 Å². The van der Waals surface area contributed by atoms with Crippen molar-refractivity contribution in [3.05, 3.63) is 0 Å². The van der Waals surface area contributed by atoms with Crippen molar-refractivity contribution in [2.45, 2.75) is 44.8 Å². The van der Waals surface area contributed by atoms with Crippen LogP contribution in [0.2, 0.25) is 0 Å². The Morgan fingerprint density at radius 2 is 1.74 bits per heavy atom. The van der Waals surface area contributed by atoms with Gasteiger partial charge in [0.1, 0.15) is 0 Å². The third kappa shape index (κ3) is 5.38. The normalized spacial score (nSPS) is 30.6. The van der Waals surface area contributed by atoms with E-state index in [9.17, 15) is 0 Å². The van der Waals surface area contributed by atoms with Crippen molar-refractivity contribution in [2.75, 3.05) is 52.9 Å². The average Bonchev–Trinajstić information content (AvgIpc) is 2.43. The molecule has 0 aromatic carbocycles. The Morgan fingerprint density at radius 1 is 1.05 bits per heavy atom. The molecule has 1 saturated heterocycles. The molecule has 0 atom stereocenters. The fraction of sp³-hybridized carbons (Fsp3) is 1.00. The second-order valence-corrected chi connectivity index (χ2v) is 6.05. The van der Waals surface area contributed by atoms with Crippen molar-refractivity contribution in [2.24, 2.45) is 0 Å². The van der Waals surface area contributed by atoms with Gasteiger partial charge in [-0.2, -0.15) is 0 Å². The topological polar surface area (TPSA) is 27.7 Å². The Bertz CT molecular complexity index is 234. The van der Waals surface area contributed by atoms with Gasteiger partial charge < -0.3 is 15.0 Å². The molecule has 0 bridgehead atoms. The van der Waals surface area contributed by atoms with E-state index < -0.39 is 0 Å². The highest BCUT2D eigenvalue weighted by molar-refractivity contribution is 4.77. The van der Waals surface area contributed by atoms with E-state index in [0.29, 0.717) is 6.10 Å². The Kier molecular flexibility index (Phi) is 6.57. The van der Waals surface area contributed by atoms with Crippen molar-refractivity contribution in [1.29, 1.82) is 0 Å². The van der Waals surface area contributed by atoms with Crippen LogP contribution < -0.4 is 5.32 Å². The van der Waals surface area contributed by atoms with Gasteiger partial charge in [-0.1, -0.05) is 6.92 Å². The molecular formula is C15H31N3O. The lowest BCUT2D eigenvalue weighted by Crippen LogP contribution is -2.45. The molecular weight excluding hydrogens is 238 g/mol. The smallest absolute Gasteiger partial charge is 0.0597 e. The zero-order valence-electron chi connectivity index (χ0n) is 12.7. The Hall–Kier alpha value is -0.160. The van der Waals surface area contributed by atoms with E-state index in [4.69, 9.17) is 4.74 Å². The van der Waals surface area contributed by atoms with Gasteiger partial charge in [-0.05, 0) is 39.3 Å². The third-order valence-electron chi connectivity index (χ3n) is 4.52. The lowest BCUT2D eigenvalue weighted by atomic mass is 9.93. The summed E-state index contributed by atoms with van der Waals surface area (Å²) in [4.78, 5) is 4.93. The second-order valence-electron chi connectivity index (χ2n) is 6.05. The SMILES string of the molecule is CCNC1CCC(OCCN2CCN(C)CC2)CC1. The first kappa shape index (κ1) is 15.2. The summed E-state index contributed by atoms with van der Waals surface area (Å²) in [5, 5.41) is 3.55. The van der Waals surface area contributed by atoms with Crippen molar-refractivity contribution in [3.8, 4) is 0 Å². The van der Waals surface area contributed by atoms with Crippen molar-refractivity contribution >= 4 is 0 Å². The number of ether oxygens (including phenoxy) is 1. The van der Waals surface area contributed by atoms with Crippen LogP contribution in [0.1, 0.15) is 32.6 Å². The van der Waals surface area contributed by atoms with E-state index in [0.717, 1.165) is 25.7 Å². The molecule has 0 aromatic heterocycles. The molecule has 1 saturated carbocycles. The Balaban J connectivity index is 1.52. The maximum atomic E-state index is 6.06. The zero-order chi connectivity index (χ0) is 13.5. The van der Waals surface area contributed by atoms with Crippen molar-refractivity contribution in [3.63, 3.8) is 0 Å². The summed E-state index contributed by atoms with van der Waals surface area (Å²) >= 11 is 0. The van der Waals surface area contributed by atoms with Gasteiger partial charge in [0.05, 0.1) is 12.7 Å². The van der Waals surface area contributed by atoms with Crippen LogP contribution in [-0.4, -0.2) is 74.9 Å². The van der Waals surface area contributed by atoms with Gasteiger partial charge in [-0.15, -0.1) is 0 Å². The molecule has 1 aliphatic heterocycles. The molecule has 112 valence electrons. The molecule has 1 heterocycles. The number of rotatable bonds is 6. The van der Waals surface area contributed by atoms with Gasteiger partial charge in [0, 0.05) is 38.8 Å². The molecule has 1 N–H and O–H groups in total. The molecule has 19 heavy (non-hydrogen) atoms. The lowest BCUT2D eigenvalue weighted by Gasteiger charge is -2.33. The number of hydrogen-bond acceptors (Lipinski definition) is 4. The van der Waals surface area contributed by atoms with Crippen LogP contribution in [-0.2, 0) is 4.74 Å². The fourth-order valence-electron chi connectivity index (χ4n) is 3.14. The van der Waals surface area contributed by atoms with Crippen LogP contribution in [0.25, 0.3) is 0 Å². The summed E-state index contributed by atoms with van der Waals surface area (Å²) in [6.45, 7) is 10.1. The van der Waals surface area contributed by atoms with E-state index in [2.05, 4.69) is 29.1 Å². The predicted octanol–water partition coefficient (Wildman–Crippen LogP) is 1.17. The van der Waals surface area contributed by atoms with Gasteiger partial charge in [-0.25, -0.2) is 0 Å². The average molecular weight is 269 g/mol. The molecule has 0 unspecified atom stereocenters. The number of piperazine rings is 1. The maximum Gasteiger partial charge on any atom is 0.0597 e. The van der Waals surface area contributed by atoms with Gasteiger partial charge in [-0.3, -0.25) is 4.90 Å². The molecule has 4 heteroatoms. The number of likely N-dealkylation sites (N-methyl/N-ethyl adjacent to an activating group) is 1. The van der Waals surface area contributed by atoms with Gasteiger partial charge in [0.15, 0.2) is 0 Å². The first-order chi connectivity index (χ1) is 9.28. The summed E-state index contributed by atoms with van der Waals surface area (Å²) < 4.78 is 6.06. The summed E-state index contributed by atoms with van der Waals surface area (Å²) in [7, 11) is 2.20. The standard InChI is InChI=1S/C15H31N3O/c1-3-16-14-4-6-15(7-5-14)19-13-12-18-10-8-17(2)9-11-18/h14-16H,3-13H2,1-2H3. The minimum Gasteiger partial charge on any atom is -0.377 e. The molecule has 0 aromatic rings. The monoisotopic (exact) mass is 269 g/mol. The minimum atomic E-state index is 0.516. The van der Waals surface area contributed by atoms with Crippen LogP contribution >= 0.6 is 0 Å². The molecule has 2 fully saturated rings. The molecule has 0 spiro atoms. The van der Waals surface area contributed by atoms with Crippen LogP contribution in [0.4, 0.5) is 0 Å². The van der Waals surface area contributed by atoms with E-state index in [-0.39, 0.29) is 0 Å². The minimum absolute atomic E-state index is 0.516. The predicted molar refractivity (Wildman–Crippen MR) is 79.6 cm³/mol. The molecule has 0 radical (unpaired) electrons. The second kappa shape index (κ2) is 8.20. The van der Waals surface area contributed by atoms with Crippen LogP contribution in [0.3, 0.4) is 0 Å².